The number of anilines is 2. The molecule has 0 unspecified atom stereocenters. The number of piperazine rings is 1. The Morgan fingerprint density at radius 2 is 1.19 bits per heavy atom. The van der Waals surface area contributed by atoms with Crippen LogP contribution in [0, 0.1) is 5.82 Å². The summed E-state index contributed by atoms with van der Waals surface area (Å²) in [4.78, 5) is 19.1. The Kier molecular flexibility index (Phi) is 4.78. The monoisotopic (exact) mass is 353 g/mol. The Hall–Kier alpha value is -2.56. The molecule has 0 radical (unpaired) electrons. The van der Waals surface area contributed by atoms with Crippen molar-refractivity contribution in [3.63, 3.8) is 0 Å². The molecule has 0 aliphatic carbocycles. The second-order valence-electron chi connectivity index (χ2n) is 7.00. The summed E-state index contributed by atoms with van der Waals surface area (Å²) < 4.78 is 13.0. The zero-order valence-electron chi connectivity index (χ0n) is 14.9. The highest BCUT2D eigenvalue weighted by molar-refractivity contribution is 5.94. The van der Waals surface area contributed by atoms with E-state index in [1.54, 1.807) is 12.1 Å². The molecule has 1 amide bonds. The molecular weight excluding hydrogens is 329 g/mol. The highest BCUT2D eigenvalue weighted by Gasteiger charge is 2.22. The Balaban J connectivity index is 1.35. The van der Waals surface area contributed by atoms with Crippen molar-refractivity contribution in [3.8, 4) is 0 Å². The molecule has 0 aromatic heterocycles. The molecule has 0 N–H and O–H groups in total. The fraction of sp³-hybridized carbons (Fsp3) is 0.381. The first-order chi connectivity index (χ1) is 12.7. The molecular formula is C21H24FN3O. The molecule has 0 saturated carbocycles. The number of carbonyl (C=O) groups excluding carboxylic acids is 1. The van der Waals surface area contributed by atoms with Gasteiger partial charge in [0.15, 0.2) is 0 Å². The number of benzene rings is 2. The topological polar surface area (TPSA) is 26.8 Å². The lowest BCUT2D eigenvalue weighted by molar-refractivity contribution is 0.0746. The maximum Gasteiger partial charge on any atom is 0.253 e. The standard InChI is InChI=1S/C21H24FN3O/c22-18-5-3-17(4-6-18)21(26)25-15-13-24(14-16-25)20-9-7-19(8-10-20)23-11-1-2-12-23/h3-10H,1-2,11-16H2. The maximum absolute atomic E-state index is 13.0. The van der Waals surface area contributed by atoms with Crippen molar-refractivity contribution in [1.29, 1.82) is 0 Å². The molecule has 26 heavy (non-hydrogen) atoms. The van der Waals surface area contributed by atoms with Gasteiger partial charge in [0.25, 0.3) is 5.91 Å². The summed E-state index contributed by atoms with van der Waals surface area (Å²) in [6, 6.07) is 14.6. The van der Waals surface area contributed by atoms with Crippen molar-refractivity contribution in [2.75, 3.05) is 49.1 Å². The van der Waals surface area contributed by atoms with E-state index in [-0.39, 0.29) is 11.7 Å². The fourth-order valence-corrected chi connectivity index (χ4v) is 3.79. The molecule has 2 aliphatic heterocycles. The van der Waals surface area contributed by atoms with E-state index in [0.29, 0.717) is 18.7 Å². The Labute approximate surface area is 153 Å². The van der Waals surface area contributed by atoms with Gasteiger partial charge < -0.3 is 14.7 Å². The van der Waals surface area contributed by atoms with Crippen LogP contribution in [0.5, 0.6) is 0 Å². The minimum absolute atomic E-state index is 0.0194. The number of rotatable bonds is 3. The van der Waals surface area contributed by atoms with Gasteiger partial charge in [-0.1, -0.05) is 0 Å². The lowest BCUT2D eigenvalue weighted by Crippen LogP contribution is -2.48. The van der Waals surface area contributed by atoms with E-state index < -0.39 is 0 Å². The Bertz CT molecular complexity index is 746. The normalized spacial score (nSPS) is 17.7. The second-order valence-corrected chi connectivity index (χ2v) is 7.00. The first-order valence-electron chi connectivity index (χ1n) is 9.35. The molecule has 0 spiro atoms. The summed E-state index contributed by atoms with van der Waals surface area (Å²) in [5.41, 5.74) is 3.06. The zero-order chi connectivity index (χ0) is 17.9. The van der Waals surface area contributed by atoms with Gasteiger partial charge in [-0.05, 0) is 61.4 Å². The Morgan fingerprint density at radius 1 is 0.692 bits per heavy atom. The van der Waals surface area contributed by atoms with Crippen LogP contribution in [-0.2, 0) is 0 Å². The average molecular weight is 353 g/mol. The number of halogens is 1. The predicted molar refractivity (Wildman–Crippen MR) is 102 cm³/mol. The van der Waals surface area contributed by atoms with Crippen molar-refractivity contribution in [2.24, 2.45) is 0 Å². The van der Waals surface area contributed by atoms with Gasteiger partial charge in [0.2, 0.25) is 0 Å². The molecule has 2 fully saturated rings. The molecule has 4 nitrogen and oxygen atoms in total. The summed E-state index contributed by atoms with van der Waals surface area (Å²) in [6.45, 7) is 5.31. The summed E-state index contributed by atoms with van der Waals surface area (Å²) in [7, 11) is 0. The van der Waals surface area contributed by atoms with Crippen LogP contribution in [-0.4, -0.2) is 50.1 Å². The molecule has 2 saturated heterocycles. The van der Waals surface area contributed by atoms with Crippen LogP contribution >= 0.6 is 0 Å². The van der Waals surface area contributed by atoms with E-state index in [0.717, 1.165) is 26.2 Å². The molecule has 2 aromatic rings. The summed E-state index contributed by atoms with van der Waals surface area (Å²) in [5, 5.41) is 0. The maximum atomic E-state index is 13.0. The van der Waals surface area contributed by atoms with Crippen LogP contribution < -0.4 is 9.80 Å². The van der Waals surface area contributed by atoms with E-state index in [1.165, 1.54) is 36.3 Å². The minimum Gasteiger partial charge on any atom is -0.372 e. The first-order valence-corrected chi connectivity index (χ1v) is 9.35. The number of carbonyl (C=O) groups is 1. The van der Waals surface area contributed by atoms with Gasteiger partial charge in [0, 0.05) is 56.2 Å². The smallest absolute Gasteiger partial charge is 0.253 e. The molecule has 2 aromatic carbocycles. The third-order valence-electron chi connectivity index (χ3n) is 5.34. The number of nitrogens with zero attached hydrogens (tertiary/aromatic N) is 3. The minimum atomic E-state index is -0.316. The van der Waals surface area contributed by atoms with Crippen LogP contribution in [0.1, 0.15) is 23.2 Å². The van der Waals surface area contributed by atoms with Gasteiger partial charge >= 0.3 is 0 Å². The molecule has 2 heterocycles. The van der Waals surface area contributed by atoms with Crippen LogP contribution in [0.25, 0.3) is 0 Å². The molecule has 136 valence electrons. The van der Waals surface area contributed by atoms with E-state index in [1.807, 2.05) is 4.90 Å². The summed E-state index contributed by atoms with van der Waals surface area (Å²) in [6.07, 6.45) is 2.57. The van der Waals surface area contributed by atoms with Crippen molar-refractivity contribution < 1.29 is 9.18 Å². The highest BCUT2D eigenvalue weighted by Crippen LogP contribution is 2.24. The van der Waals surface area contributed by atoms with E-state index >= 15 is 0 Å². The van der Waals surface area contributed by atoms with Crippen molar-refractivity contribution in [3.05, 3.63) is 59.9 Å². The van der Waals surface area contributed by atoms with Crippen LogP contribution in [0.15, 0.2) is 48.5 Å². The molecule has 4 rings (SSSR count). The molecule has 0 bridgehead atoms. The van der Waals surface area contributed by atoms with Crippen molar-refractivity contribution in [1.82, 2.24) is 4.90 Å². The second kappa shape index (κ2) is 7.36. The fourth-order valence-electron chi connectivity index (χ4n) is 3.79. The highest BCUT2D eigenvalue weighted by atomic mass is 19.1. The molecule has 0 atom stereocenters. The third-order valence-corrected chi connectivity index (χ3v) is 5.34. The van der Waals surface area contributed by atoms with Gasteiger partial charge in [-0.25, -0.2) is 4.39 Å². The first kappa shape index (κ1) is 16.9. The van der Waals surface area contributed by atoms with Gasteiger partial charge in [-0.3, -0.25) is 4.79 Å². The zero-order valence-corrected chi connectivity index (χ0v) is 14.9. The summed E-state index contributed by atoms with van der Waals surface area (Å²) in [5.74, 6) is -0.335. The van der Waals surface area contributed by atoms with Crippen LogP contribution in [0.4, 0.5) is 15.8 Å². The molecule has 2 aliphatic rings. The van der Waals surface area contributed by atoms with E-state index in [9.17, 15) is 9.18 Å². The van der Waals surface area contributed by atoms with Crippen molar-refractivity contribution >= 4 is 17.3 Å². The Morgan fingerprint density at radius 3 is 1.73 bits per heavy atom. The molecule has 5 heteroatoms. The quantitative estimate of drug-likeness (QED) is 0.846. The van der Waals surface area contributed by atoms with Crippen molar-refractivity contribution in [2.45, 2.75) is 12.8 Å². The van der Waals surface area contributed by atoms with E-state index in [4.69, 9.17) is 0 Å². The van der Waals surface area contributed by atoms with Crippen LogP contribution in [0.2, 0.25) is 0 Å². The average Bonchev–Trinajstić information content (AvgIpc) is 3.23. The van der Waals surface area contributed by atoms with Crippen LogP contribution in [0.3, 0.4) is 0 Å². The lowest BCUT2D eigenvalue weighted by Gasteiger charge is -2.36. The van der Waals surface area contributed by atoms with E-state index in [2.05, 4.69) is 34.1 Å². The predicted octanol–water partition coefficient (Wildman–Crippen LogP) is 3.39. The third kappa shape index (κ3) is 3.52. The van der Waals surface area contributed by atoms with Gasteiger partial charge in [-0.2, -0.15) is 0 Å². The SMILES string of the molecule is O=C(c1ccc(F)cc1)N1CCN(c2ccc(N3CCCC3)cc2)CC1. The number of amides is 1. The van der Waals surface area contributed by atoms with Gasteiger partial charge in [-0.15, -0.1) is 0 Å². The summed E-state index contributed by atoms with van der Waals surface area (Å²) >= 11 is 0. The van der Waals surface area contributed by atoms with Gasteiger partial charge in [0.05, 0.1) is 0 Å². The number of hydrogen-bond acceptors (Lipinski definition) is 3. The largest absolute Gasteiger partial charge is 0.372 e. The van der Waals surface area contributed by atoms with Gasteiger partial charge in [0.1, 0.15) is 5.82 Å². The number of hydrogen-bond donors (Lipinski definition) is 0. The lowest BCUT2D eigenvalue weighted by atomic mass is 10.1.